The minimum atomic E-state index is 0.217. The molecular weight excluding hydrogens is 198 g/mol. The Hall–Kier alpha value is -1.12. The average Bonchev–Trinajstić information content (AvgIpc) is 2.30. The summed E-state index contributed by atoms with van der Waals surface area (Å²) in [5.41, 5.74) is 2.63. The van der Waals surface area contributed by atoms with Crippen LogP contribution in [0.15, 0.2) is 36.9 Å². The van der Waals surface area contributed by atoms with Gasteiger partial charge in [0, 0.05) is 19.6 Å². The van der Waals surface area contributed by atoms with E-state index in [1.807, 2.05) is 6.08 Å². The van der Waals surface area contributed by atoms with Crippen LogP contribution in [-0.2, 0) is 4.74 Å². The molecule has 0 spiro atoms. The molecule has 0 N–H and O–H groups in total. The first-order valence-electron chi connectivity index (χ1n) is 5.81. The zero-order chi connectivity index (χ0) is 11.4. The second kappa shape index (κ2) is 5.28. The molecule has 0 saturated carbocycles. The first kappa shape index (κ1) is 11.4. The first-order chi connectivity index (χ1) is 7.81. The molecule has 1 aromatic carbocycles. The van der Waals surface area contributed by atoms with E-state index in [1.165, 1.54) is 11.1 Å². The van der Waals surface area contributed by atoms with Gasteiger partial charge in [-0.2, -0.15) is 0 Å². The third-order valence-corrected chi connectivity index (χ3v) is 3.07. The number of hydrogen-bond donors (Lipinski definition) is 0. The van der Waals surface area contributed by atoms with Gasteiger partial charge < -0.3 is 4.74 Å². The summed E-state index contributed by atoms with van der Waals surface area (Å²) in [6.45, 7) is 9.67. The Balaban J connectivity index is 2.09. The molecular formula is C14H19NO. The van der Waals surface area contributed by atoms with Gasteiger partial charge in [-0.05, 0) is 18.1 Å². The fraction of sp³-hybridized carbons (Fsp3) is 0.429. The Morgan fingerprint density at radius 2 is 2.31 bits per heavy atom. The van der Waals surface area contributed by atoms with E-state index in [9.17, 15) is 0 Å². The van der Waals surface area contributed by atoms with E-state index in [-0.39, 0.29) is 6.10 Å². The van der Waals surface area contributed by atoms with Crippen molar-refractivity contribution in [3.63, 3.8) is 0 Å². The highest BCUT2D eigenvalue weighted by molar-refractivity contribution is 5.28. The predicted molar refractivity (Wildman–Crippen MR) is 66.5 cm³/mol. The lowest BCUT2D eigenvalue weighted by Gasteiger charge is -2.33. The Morgan fingerprint density at radius 1 is 1.50 bits per heavy atom. The fourth-order valence-electron chi connectivity index (χ4n) is 2.19. The van der Waals surface area contributed by atoms with E-state index in [0.29, 0.717) is 0 Å². The minimum Gasteiger partial charge on any atom is -0.371 e. The van der Waals surface area contributed by atoms with Crippen molar-refractivity contribution < 1.29 is 4.74 Å². The number of benzene rings is 1. The molecule has 1 fully saturated rings. The van der Waals surface area contributed by atoms with Crippen LogP contribution in [0.5, 0.6) is 0 Å². The molecule has 86 valence electrons. The molecule has 1 aliphatic rings. The van der Waals surface area contributed by atoms with Crippen LogP contribution in [0, 0.1) is 6.92 Å². The minimum absolute atomic E-state index is 0.217. The molecule has 1 aliphatic heterocycles. The lowest BCUT2D eigenvalue weighted by atomic mass is 10.0. The molecule has 0 amide bonds. The molecule has 2 rings (SSSR count). The standard InChI is InChI=1S/C14H19NO/c1-3-8-15-9-10-16-14(11-15)13-7-5-4-6-12(13)2/h3-7,14H,1,8-11H2,2H3. The van der Waals surface area contributed by atoms with Gasteiger partial charge in [0.05, 0.1) is 12.7 Å². The summed E-state index contributed by atoms with van der Waals surface area (Å²) >= 11 is 0. The van der Waals surface area contributed by atoms with Crippen molar-refractivity contribution in [1.29, 1.82) is 0 Å². The Bertz CT molecular complexity index is 362. The maximum atomic E-state index is 5.85. The molecule has 1 aromatic rings. The lowest BCUT2D eigenvalue weighted by Crippen LogP contribution is -2.38. The number of morpholine rings is 1. The topological polar surface area (TPSA) is 12.5 Å². The van der Waals surface area contributed by atoms with Crippen LogP contribution in [-0.4, -0.2) is 31.1 Å². The van der Waals surface area contributed by atoms with Crippen molar-refractivity contribution >= 4 is 0 Å². The highest BCUT2D eigenvalue weighted by Gasteiger charge is 2.21. The molecule has 1 heterocycles. The average molecular weight is 217 g/mol. The normalized spacial score (nSPS) is 21.9. The van der Waals surface area contributed by atoms with Crippen LogP contribution in [0.3, 0.4) is 0 Å². The van der Waals surface area contributed by atoms with Gasteiger partial charge >= 0.3 is 0 Å². The SMILES string of the molecule is C=CCN1CCOC(c2ccccc2C)C1. The van der Waals surface area contributed by atoms with Gasteiger partial charge in [-0.1, -0.05) is 30.3 Å². The summed E-state index contributed by atoms with van der Waals surface area (Å²) in [4.78, 5) is 2.38. The zero-order valence-corrected chi connectivity index (χ0v) is 9.86. The highest BCUT2D eigenvalue weighted by Crippen LogP contribution is 2.24. The Labute approximate surface area is 97.5 Å². The van der Waals surface area contributed by atoms with E-state index in [0.717, 1.165) is 26.2 Å². The smallest absolute Gasteiger partial charge is 0.0955 e. The van der Waals surface area contributed by atoms with Crippen molar-refractivity contribution in [2.75, 3.05) is 26.2 Å². The van der Waals surface area contributed by atoms with Gasteiger partial charge in [0.1, 0.15) is 0 Å². The van der Waals surface area contributed by atoms with Crippen molar-refractivity contribution in [3.8, 4) is 0 Å². The second-order valence-electron chi connectivity index (χ2n) is 4.26. The molecule has 0 radical (unpaired) electrons. The van der Waals surface area contributed by atoms with Crippen molar-refractivity contribution in [1.82, 2.24) is 4.90 Å². The fourth-order valence-corrected chi connectivity index (χ4v) is 2.19. The van der Waals surface area contributed by atoms with Crippen molar-refractivity contribution in [2.45, 2.75) is 13.0 Å². The van der Waals surface area contributed by atoms with Gasteiger partial charge in [-0.3, -0.25) is 4.90 Å². The van der Waals surface area contributed by atoms with E-state index in [2.05, 4.69) is 42.7 Å². The van der Waals surface area contributed by atoms with Gasteiger partial charge in [-0.15, -0.1) is 6.58 Å². The van der Waals surface area contributed by atoms with Gasteiger partial charge in [0.2, 0.25) is 0 Å². The predicted octanol–water partition coefficient (Wildman–Crippen LogP) is 2.55. The number of rotatable bonds is 3. The number of aryl methyl sites for hydroxylation is 1. The molecule has 1 unspecified atom stereocenters. The van der Waals surface area contributed by atoms with E-state index in [4.69, 9.17) is 4.74 Å². The van der Waals surface area contributed by atoms with Gasteiger partial charge in [0.15, 0.2) is 0 Å². The third-order valence-electron chi connectivity index (χ3n) is 3.07. The zero-order valence-electron chi connectivity index (χ0n) is 9.86. The molecule has 0 aromatic heterocycles. The maximum Gasteiger partial charge on any atom is 0.0955 e. The number of nitrogens with zero attached hydrogens (tertiary/aromatic N) is 1. The number of ether oxygens (including phenoxy) is 1. The monoisotopic (exact) mass is 217 g/mol. The Morgan fingerprint density at radius 3 is 3.06 bits per heavy atom. The summed E-state index contributed by atoms with van der Waals surface area (Å²) in [6, 6.07) is 8.46. The number of hydrogen-bond acceptors (Lipinski definition) is 2. The molecule has 0 aliphatic carbocycles. The maximum absolute atomic E-state index is 5.85. The largest absolute Gasteiger partial charge is 0.371 e. The summed E-state index contributed by atoms with van der Waals surface area (Å²) in [5, 5.41) is 0. The van der Waals surface area contributed by atoms with Gasteiger partial charge in [0.25, 0.3) is 0 Å². The summed E-state index contributed by atoms with van der Waals surface area (Å²) in [7, 11) is 0. The second-order valence-corrected chi connectivity index (χ2v) is 4.26. The molecule has 16 heavy (non-hydrogen) atoms. The summed E-state index contributed by atoms with van der Waals surface area (Å²) < 4.78 is 5.85. The molecule has 0 bridgehead atoms. The van der Waals surface area contributed by atoms with Crippen LogP contribution in [0.1, 0.15) is 17.2 Å². The lowest BCUT2D eigenvalue weighted by molar-refractivity contribution is -0.0263. The summed E-state index contributed by atoms with van der Waals surface area (Å²) in [5.74, 6) is 0. The molecule has 2 nitrogen and oxygen atoms in total. The van der Waals surface area contributed by atoms with E-state index < -0.39 is 0 Å². The van der Waals surface area contributed by atoms with Crippen molar-refractivity contribution in [3.05, 3.63) is 48.0 Å². The van der Waals surface area contributed by atoms with Crippen LogP contribution < -0.4 is 0 Å². The van der Waals surface area contributed by atoms with Crippen molar-refractivity contribution in [2.24, 2.45) is 0 Å². The Kier molecular flexibility index (Phi) is 3.75. The quantitative estimate of drug-likeness (QED) is 0.721. The summed E-state index contributed by atoms with van der Waals surface area (Å²) in [6.07, 6.45) is 2.18. The third kappa shape index (κ3) is 2.52. The van der Waals surface area contributed by atoms with Gasteiger partial charge in [-0.25, -0.2) is 0 Å². The van der Waals surface area contributed by atoms with Crippen LogP contribution >= 0.6 is 0 Å². The molecule has 1 atom stereocenters. The van der Waals surface area contributed by atoms with Crippen LogP contribution in [0.2, 0.25) is 0 Å². The molecule has 2 heteroatoms. The highest BCUT2D eigenvalue weighted by atomic mass is 16.5. The van der Waals surface area contributed by atoms with Crippen LogP contribution in [0.4, 0.5) is 0 Å². The first-order valence-corrected chi connectivity index (χ1v) is 5.81. The molecule has 1 saturated heterocycles. The van der Waals surface area contributed by atoms with E-state index >= 15 is 0 Å². The van der Waals surface area contributed by atoms with Crippen LogP contribution in [0.25, 0.3) is 0 Å². The van der Waals surface area contributed by atoms with E-state index in [1.54, 1.807) is 0 Å².